The van der Waals surface area contributed by atoms with Crippen LogP contribution in [0.5, 0.6) is 0 Å². The van der Waals surface area contributed by atoms with Gasteiger partial charge in [0.25, 0.3) is 0 Å². The first-order chi connectivity index (χ1) is 12.8. The summed E-state index contributed by atoms with van der Waals surface area (Å²) in [4.78, 5) is 0. The van der Waals surface area contributed by atoms with Gasteiger partial charge in [-0.05, 0) is 29.7 Å². The molecule has 0 radical (unpaired) electrons. The zero-order valence-electron chi connectivity index (χ0n) is 14.8. The Labute approximate surface area is 155 Å². The van der Waals surface area contributed by atoms with E-state index >= 15 is 0 Å². The van der Waals surface area contributed by atoms with Gasteiger partial charge >= 0.3 is 0 Å². The molecule has 0 amide bonds. The molecular formula is C25H21N. The summed E-state index contributed by atoms with van der Waals surface area (Å²) in [5.41, 5.74) is 8.33. The standard InChI is InChI=1S/C25H21N/c1-19-11-8-9-18-24(19)26-25-22(20-12-4-2-5-13-20)16-10-17-23(25)21-14-6-3-7-15-21/h2-18,26H,1H3. The van der Waals surface area contributed by atoms with Crippen LogP contribution in [-0.4, -0.2) is 0 Å². The maximum atomic E-state index is 3.71. The molecular weight excluding hydrogens is 314 g/mol. The molecule has 0 fully saturated rings. The number of nitrogens with one attached hydrogen (secondary N) is 1. The second kappa shape index (κ2) is 7.28. The van der Waals surface area contributed by atoms with Gasteiger partial charge in [-0.1, -0.05) is 97.1 Å². The summed E-state index contributed by atoms with van der Waals surface area (Å²) >= 11 is 0. The molecule has 0 spiro atoms. The Bertz CT molecular complexity index is 947. The van der Waals surface area contributed by atoms with E-state index in [4.69, 9.17) is 0 Å². The average Bonchev–Trinajstić information content (AvgIpc) is 2.71. The molecule has 1 heteroatoms. The van der Waals surface area contributed by atoms with Crippen molar-refractivity contribution in [3.8, 4) is 22.3 Å². The topological polar surface area (TPSA) is 12.0 Å². The van der Waals surface area contributed by atoms with Crippen molar-refractivity contribution in [3.63, 3.8) is 0 Å². The first-order valence-electron chi connectivity index (χ1n) is 8.89. The van der Waals surface area contributed by atoms with Crippen LogP contribution in [0, 0.1) is 6.92 Å². The molecule has 0 aliphatic rings. The molecule has 0 aliphatic heterocycles. The summed E-state index contributed by atoms with van der Waals surface area (Å²) in [5, 5.41) is 3.71. The molecule has 0 aromatic heterocycles. The number of benzene rings is 4. The SMILES string of the molecule is Cc1ccccc1Nc1c(-c2ccccc2)cccc1-c1ccccc1. The van der Waals surface area contributed by atoms with Crippen LogP contribution in [0.4, 0.5) is 11.4 Å². The molecule has 126 valence electrons. The van der Waals surface area contributed by atoms with E-state index in [2.05, 4.69) is 115 Å². The third-order valence-corrected chi connectivity index (χ3v) is 4.64. The second-order valence-electron chi connectivity index (χ2n) is 6.40. The minimum atomic E-state index is 1.13. The van der Waals surface area contributed by atoms with Gasteiger partial charge in [-0.25, -0.2) is 0 Å². The maximum Gasteiger partial charge on any atom is 0.0543 e. The number of para-hydroxylation sites is 2. The molecule has 0 aliphatic carbocycles. The van der Waals surface area contributed by atoms with Crippen LogP contribution in [0.3, 0.4) is 0 Å². The van der Waals surface area contributed by atoms with Crippen molar-refractivity contribution in [3.05, 3.63) is 109 Å². The molecule has 4 rings (SSSR count). The van der Waals surface area contributed by atoms with Crippen molar-refractivity contribution in [2.75, 3.05) is 5.32 Å². The zero-order valence-corrected chi connectivity index (χ0v) is 14.8. The van der Waals surface area contributed by atoms with Crippen LogP contribution in [0.25, 0.3) is 22.3 Å². The highest BCUT2D eigenvalue weighted by molar-refractivity contribution is 5.93. The summed E-state index contributed by atoms with van der Waals surface area (Å²) in [6, 6.07) is 36.0. The van der Waals surface area contributed by atoms with E-state index in [0.29, 0.717) is 0 Å². The second-order valence-corrected chi connectivity index (χ2v) is 6.40. The summed E-state index contributed by atoms with van der Waals surface area (Å²) in [5.74, 6) is 0. The Morgan fingerprint density at radius 3 is 1.54 bits per heavy atom. The first-order valence-corrected chi connectivity index (χ1v) is 8.89. The van der Waals surface area contributed by atoms with Crippen LogP contribution in [-0.2, 0) is 0 Å². The van der Waals surface area contributed by atoms with E-state index < -0.39 is 0 Å². The predicted octanol–water partition coefficient (Wildman–Crippen LogP) is 7.07. The largest absolute Gasteiger partial charge is 0.354 e. The molecule has 0 saturated heterocycles. The van der Waals surface area contributed by atoms with Crippen LogP contribution < -0.4 is 5.32 Å². The normalized spacial score (nSPS) is 10.5. The van der Waals surface area contributed by atoms with Gasteiger partial charge in [0, 0.05) is 16.8 Å². The highest BCUT2D eigenvalue weighted by atomic mass is 14.9. The lowest BCUT2D eigenvalue weighted by atomic mass is 9.95. The van der Waals surface area contributed by atoms with Crippen molar-refractivity contribution >= 4 is 11.4 Å². The zero-order chi connectivity index (χ0) is 17.8. The van der Waals surface area contributed by atoms with Gasteiger partial charge in [0.1, 0.15) is 0 Å². The van der Waals surface area contributed by atoms with E-state index in [1.165, 1.54) is 27.8 Å². The Hall–Kier alpha value is -3.32. The molecule has 26 heavy (non-hydrogen) atoms. The van der Waals surface area contributed by atoms with Gasteiger partial charge in [0.15, 0.2) is 0 Å². The van der Waals surface area contributed by atoms with Crippen LogP contribution in [0.2, 0.25) is 0 Å². The molecule has 0 saturated carbocycles. The third kappa shape index (κ3) is 3.25. The molecule has 4 aromatic carbocycles. The summed E-state index contributed by atoms with van der Waals surface area (Å²) in [6.45, 7) is 2.13. The highest BCUT2D eigenvalue weighted by Crippen LogP contribution is 2.39. The Morgan fingerprint density at radius 1 is 0.500 bits per heavy atom. The van der Waals surface area contributed by atoms with E-state index in [-0.39, 0.29) is 0 Å². The molecule has 0 heterocycles. The van der Waals surface area contributed by atoms with Crippen molar-refractivity contribution in [1.82, 2.24) is 0 Å². The Balaban J connectivity index is 1.92. The van der Waals surface area contributed by atoms with Crippen molar-refractivity contribution in [1.29, 1.82) is 0 Å². The number of hydrogen-bond acceptors (Lipinski definition) is 1. The molecule has 1 N–H and O–H groups in total. The van der Waals surface area contributed by atoms with Crippen LogP contribution in [0.1, 0.15) is 5.56 Å². The number of aryl methyl sites for hydroxylation is 1. The Kier molecular flexibility index (Phi) is 4.53. The van der Waals surface area contributed by atoms with Crippen LogP contribution in [0.15, 0.2) is 103 Å². The fraction of sp³-hybridized carbons (Fsp3) is 0.0400. The van der Waals surface area contributed by atoms with Gasteiger partial charge in [0.05, 0.1) is 5.69 Å². The number of rotatable bonds is 4. The number of anilines is 2. The van der Waals surface area contributed by atoms with Gasteiger partial charge in [-0.15, -0.1) is 0 Å². The van der Waals surface area contributed by atoms with Crippen molar-refractivity contribution in [2.45, 2.75) is 6.92 Å². The predicted molar refractivity (Wildman–Crippen MR) is 112 cm³/mol. The molecule has 0 unspecified atom stereocenters. The van der Waals surface area contributed by atoms with Gasteiger partial charge in [-0.2, -0.15) is 0 Å². The van der Waals surface area contributed by atoms with E-state index in [0.717, 1.165) is 11.4 Å². The summed E-state index contributed by atoms with van der Waals surface area (Å²) < 4.78 is 0. The summed E-state index contributed by atoms with van der Waals surface area (Å²) in [7, 11) is 0. The molecule has 4 aromatic rings. The molecule has 0 atom stereocenters. The fourth-order valence-corrected chi connectivity index (χ4v) is 3.25. The van der Waals surface area contributed by atoms with Crippen molar-refractivity contribution in [2.24, 2.45) is 0 Å². The molecule has 1 nitrogen and oxygen atoms in total. The van der Waals surface area contributed by atoms with E-state index in [1.807, 2.05) is 0 Å². The monoisotopic (exact) mass is 335 g/mol. The maximum absolute atomic E-state index is 3.71. The fourth-order valence-electron chi connectivity index (χ4n) is 3.25. The van der Waals surface area contributed by atoms with Crippen LogP contribution >= 0.6 is 0 Å². The lowest BCUT2D eigenvalue weighted by Crippen LogP contribution is -1.98. The lowest BCUT2D eigenvalue weighted by molar-refractivity contribution is 1.43. The van der Waals surface area contributed by atoms with Gasteiger partial charge in [-0.3, -0.25) is 0 Å². The van der Waals surface area contributed by atoms with E-state index in [1.54, 1.807) is 0 Å². The smallest absolute Gasteiger partial charge is 0.0543 e. The molecule has 0 bridgehead atoms. The number of hydrogen-bond donors (Lipinski definition) is 1. The minimum absolute atomic E-state index is 1.13. The average molecular weight is 335 g/mol. The minimum Gasteiger partial charge on any atom is -0.354 e. The van der Waals surface area contributed by atoms with Gasteiger partial charge in [0.2, 0.25) is 0 Å². The highest BCUT2D eigenvalue weighted by Gasteiger charge is 2.12. The third-order valence-electron chi connectivity index (χ3n) is 4.64. The van der Waals surface area contributed by atoms with Gasteiger partial charge < -0.3 is 5.32 Å². The first kappa shape index (κ1) is 16.2. The Morgan fingerprint density at radius 2 is 1.00 bits per heavy atom. The van der Waals surface area contributed by atoms with E-state index in [9.17, 15) is 0 Å². The van der Waals surface area contributed by atoms with Crippen molar-refractivity contribution < 1.29 is 0 Å². The summed E-state index contributed by atoms with van der Waals surface area (Å²) in [6.07, 6.45) is 0. The lowest BCUT2D eigenvalue weighted by Gasteiger charge is -2.18. The quantitative estimate of drug-likeness (QED) is 0.420.